The van der Waals surface area contributed by atoms with Gasteiger partial charge in [0.05, 0.1) is 12.0 Å². The van der Waals surface area contributed by atoms with E-state index in [0.717, 1.165) is 47.0 Å². The Hall–Kier alpha value is -2.58. The van der Waals surface area contributed by atoms with Crippen molar-refractivity contribution >= 4 is 23.7 Å². The van der Waals surface area contributed by atoms with Gasteiger partial charge >= 0.3 is 11.9 Å². The monoisotopic (exact) mass is 407 g/mol. The third-order valence-corrected chi connectivity index (χ3v) is 5.38. The van der Waals surface area contributed by atoms with Gasteiger partial charge in [0.15, 0.2) is 0 Å². The van der Waals surface area contributed by atoms with Gasteiger partial charge in [-0.25, -0.2) is 14.0 Å². The molecule has 1 aliphatic rings. The van der Waals surface area contributed by atoms with E-state index in [1.807, 2.05) is 30.3 Å². The second-order valence-electron chi connectivity index (χ2n) is 6.07. The van der Waals surface area contributed by atoms with Crippen molar-refractivity contribution in [2.24, 2.45) is 0 Å². The lowest BCUT2D eigenvalue weighted by Gasteiger charge is -2.25. The van der Waals surface area contributed by atoms with E-state index in [9.17, 15) is 4.39 Å². The van der Waals surface area contributed by atoms with Gasteiger partial charge < -0.3 is 20.3 Å². The molecule has 150 valence electrons. The molecule has 3 N–H and O–H groups in total. The summed E-state index contributed by atoms with van der Waals surface area (Å²) in [5.74, 6) is -2.52. The van der Waals surface area contributed by atoms with Crippen LogP contribution in [-0.2, 0) is 9.59 Å². The fraction of sp³-hybridized carbons (Fsp3) is 0.300. The first kappa shape index (κ1) is 21.7. The molecule has 1 heterocycles. The summed E-state index contributed by atoms with van der Waals surface area (Å²) >= 11 is 1.50. The van der Waals surface area contributed by atoms with Crippen LogP contribution >= 0.6 is 11.8 Å². The highest BCUT2D eigenvalue weighted by atomic mass is 32.2. The summed E-state index contributed by atoms with van der Waals surface area (Å²) in [5.41, 5.74) is 1.14. The van der Waals surface area contributed by atoms with Crippen LogP contribution < -0.4 is 10.1 Å². The predicted octanol–water partition coefficient (Wildman–Crippen LogP) is 3.61. The Morgan fingerprint density at radius 2 is 1.68 bits per heavy atom. The van der Waals surface area contributed by atoms with E-state index in [1.165, 1.54) is 11.8 Å². The first-order valence-electron chi connectivity index (χ1n) is 8.69. The fourth-order valence-corrected chi connectivity index (χ4v) is 3.88. The fourth-order valence-electron chi connectivity index (χ4n) is 2.85. The Bertz CT molecular complexity index is 795. The maximum Gasteiger partial charge on any atom is 0.414 e. The molecule has 3 rings (SSSR count). The molecule has 6 nitrogen and oxygen atoms in total. The molecule has 1 fully saturated rings. The van der Waals surface area contributed by atoms with Gasteiger partial charge in [0.2, 0.25) is 0 Å². The molecule has 2 aromatic carbocycles. The minimum Gasteiger partial charge on any atom is -0.497 e. The van der Waals surface area contributed by atoms with Crippen LogP contribution in [0.25, 0.3) is 0 Å². The van der Waals surface area contributed by atoms with Gasteiger partial charge in [-0.15, -0.1) is 0 Å². The number of nitrogens with one attached hydrogen (secondary N) is 1. The molecule has 0 unspecified atom stereocenters. The third kappa shape index (κ3) is 6.24. The van der Waals surface area contributed by atoms with Gasteiger partial charge in [-0.1, -0.05) is 23.9 Å². The van der Waals surface area contributed by atoms with Crippen molar-refractivity contribution in [1.29, 1.82) is 0 Å². The number of aliphatic carboxylic acids is 2. The van der Waals surface area contributed by atoms with Crippen molar-refractivity contribution in [2.75, 3.05) is 20.2 Å². The van der Waals surface area contributed by atoms with Gasteiger partial charge in [-0.05, 0) is 67.7 Å². The molecule has 1 aliphatic heterocycles. The zero-order chi connectivity index (χ0) is 20.5. The van der Waals surface area contributed by atoms with Gasteiger partial charge in [-0.3, -0.25) is 0 Å². The Morgan fingerprint density at radius 3 is 2.21 bits per heavy atom. The molecular formula is C20H22FNO5S. The van der Waals surface area contributed by atoms with Crippen molar-refractivity contribution in [1.82, 2.24) is 5.32 Å². The van der Waals surface area contributed by atoms with Crippen molar-refractivity contribution in [2.45, 2.75) is 28.6 Å². The lowest BCUT2D eigenvalue weighted by molar-refractivity contribution is -0.159. The minimum atomic E-state index is -1.82. The lowest BCUT2D eigenvalue weighted by Crippen LogP contribution is -2.26. The molecule has 0 bridgehead atoms. The molecule has 0 amide bonds. The van der Waals surface area contributed by atoms with E-state index in [-0.39, 0.29) is 5.82 Å². The van der Waals surface area contributed by atoms with Crippen LogP contribution in [0.3, 0.4) is 0 Å². The topological polar surface area (TPSA) is 95.9 Å². The molecule has 0 atom stereocenters. The van der Waals surface area contributed by atoms with Crippen LogP contribution in [0.4, 0.5) is 4.39 Å². The maximum atomic E-state index is 14.4. The summed E-state index contributed by atoms with van der Waals surface area (Å²) in [5, 5.41) is 18.1. The van der Waals surface area contributed by atoms with E-state index >= 15 is 0 Å². The zero-order valence-corrected chi connectivity index (χ0v) is 16.2. The highest BCUT2D eigenvalue weighted by Gasteiger charge is 2.20. The second kappa shape index (κ2) is 10.7. The summed E-state index contributed by atoms with van der Waals surface area (Å²) in [7, 11) is 1.65. The largest absolute Gasteiger partial charge is 0.497 e. The molecule has 2 aromatic rings. The number of carboxylic acid groups (broad SMARTS) is 2. The number of carboxylic acids is 2. The van der Waals surface area contributed by atoms with Gasteiger partial charge in [-0.2, -0.15) is 0 Å². The third-order valence-electron chi connectivity index (χ3n) is 4.24. The van der Waals surface area contributed by atoms with Crippen LogP contribution in [-0.4, -0.2) is 42.4 Å². The smallest absolute Gasteiger partial charge is 0.414 e. The van der Waals surface area contributed by atoms with Crippen molar-refractivity contribution in [3.8, 4) is 5.75 Å². The summed E-state index contributed by atoms with van der Waals surface area (Å²) in [6.45, 7) is 2.02. The molecule has 0 aromatic heterocycles. The molecule has 0 saturated carbocycles. The summed E-state index contributed by atoms with van der Waals surface area (Å²) in [6, 6.07) is 13.2. The Morgan fingerprint density at radius 1 is 1.07 bits per heavy atom. The molecule has 28 heavy (non-hydrogen) atoms. The molecule has 1 saturated heterocycles. The normalized spacial score (nSPS) is 13.9. The van der Waals surface area contributed by atoms with Crippen LogP contribution in [0.2, 0.25) is 0 Å². The summed E-state index contributed by atoms with van der Waals surface area (Å²) < 4.78 is 19.5. The number of benzene rings is 2. The Balaban J connectivity index is 0.000000409. The lowest BCUT2D eigenvalue weighted by atomic mass is 9.90. The average molecular weight is 407 g/mol. The molecular weight excluding hydrogens is 385 g/mol. The minimum absolute atomic E-state index is 0.128. The number of hydrogen-bond donors (Lipinski definition) is 3. The Labute approximate surface area is 166 Å². The first-order chi connectivity index (χ1) is 13.4. The number of methoxy groups -OCH3 is 1. The standard InChI is InChI=1S/C18H20FNOS.C2H2O4/c1-21-14-5-7-15(8-6-14)22-18-16(3-2-4-17(18)19)13-9-11-20-12-10-13;3-1(4)2(5)6/h2-8,13,20H,9-12H2,1H3;(H,3,4)(H,5,6). The molecule has 8 heteroatoms. The van der Waals surface area contributed by atoms with E-state index in [2.05, 4.69) is 11.4 Å². The second-order valence-corrected chi connectivity index (χ2v) is 7.15. The summed E-state index contributed by atoms with van der Waals surface area (Å²) in [4.78, 5) is 20.0. The highest BCUT2D eigenvalue weighted by Crippen LogP contribution is 2.39. The average Bonchev–Trinajstić information content (AvgIpc) is 2.71. The number of piperidine rings is 1. The van der Waals surface area contributed by atoms with Crippen LogP contribution in [0, 0.1) is 5.82 Å². The number of rotatable bonds is 4. The van der Waals surface area contributed by atoms with Crippen molar-refractivity contribution in [3.63, 3.8) is 0 Å². The van der Waals surface area contributed by atoms with E-state index in [0.29, 0.717) is 5.92 Å². The van der Waals surface area contributed by atoms with Crippen molar-refractivity contribution in [3.05, 3.63) is 53.8 Å². The number of hydrogen-bond acceptors (Lipinski definition) is 5. The zero-order valence-electron chi connectivity index (χ0n) is 15.4. The molecule has 0 aliphatic carbocycles. The highest BCUT2D eigenvalue weighted by molar-refractivity contribution is 7.99. The van der Waals surface area contributed by atoms with Gasteiger partial charge in [0.25, 0.3) is 0 Å². The SMILES string of the molecule is COc1ccc(Sc2c(F)cccc2C2CCNCC2)cc1.O=C(O)C(=O)O. The maximum absolute atomic E-state index is 14.4. The number of ether oxygens (including phenoxy) is 1. The van der Waals surface area contributed by atoms with E-state index in [1.54, 1.807) is 13.2 Å². The first-order valence-corrected chi connectivity index (χ1v) is 9.51. The van der Waals surface area contributed by atoms with Crippen LogP contribution in [0.1, 0.15) is 24.3 Å². The predicted molar refractivity (Wildman–Crippen MR) is 104 cm³/mol. The molecule has 0 spiro atoms. The van der Waals surface area contributed by atoms with Crippen molar-refractivity contribution < 1.29 is 28.9 Å². The number of halogens is 1. The van der Waals surface area contributed by atoms with E-state index < -0.39 is 11.9 Å². The van der Waals surface area contributed by atoms with Gasteiger partial charge in [0, 0.05) is 4.90 Å². The summed E-state index contributed by atoms with van der Waals surface area (Å²) in [6.07, 6.45) is 2.14. The molecule has 0 radical (unpaired) electrons. The van der Waals surface area contributed by atoms with Crippen LogP contribution in [0.5, 0.6) is 5.75 Å². The van der Waals surface area contributed by atoms with Gasteiger partial charge in [0.1, 0.15) is 11.6 Å². The quantitative estimate of drug-likeness (QED) is 0.667. The number of carbonyl (C=O) groups is 2. The Kier molecular flexibility index (Phi) is 8.28. The van der Waals surface area contributed by atoms with Crippen LogP contribution in [0.15, 0.2) is 52.3 Å². The van der Waals surface area contributed by atoms with E-state index in [4.69, 9.17) is 24.5 Å².